The van der Waals surface area contributed by atoms with Crippen LogP contribution in [-0.2, 0) is 11.2 Å². The number of urea groups is 1. The highest BCUT2D eigenvalue weighted by molar-refractivity contribution is 6.08. The third kappa shape index (κ3) is 3.52. The van der Waals surface area contributed by atoms with Crippen molar-refractivity contribution in [2.45, 2.75) is 38.8 Å². The van der Waals surface area contributed by atoms with Gasteiger partial charge in [0.1, 0.15) is 17.3 Å². The lowest BCUT2D eigenvalue weighted by Gasteiger charge is -2.42. The minimum absolute atomic E-state index is 0.0570. The SMILES string of the molecule is CCN(CC)CCN1C(=O)N2[C@H](c3cccc(O)c3)c3[nH]c4cc(F)c(OC)cc4c3C[C@@]2(C)C1=O. The molecule has 1 fully saturated rings. The summed E-state index contributed by atoms with van der Waals surface area (Å²) in [5, 5.41) is 11.0. The van der Waals surface area contributed by atoms with Crippen LogP contribution in [0, 0.1) is 5.82 Å². The molecule has 9 heteroatoms. The number of hydrogen-bond acceptors (Lipinski definition) is 5. The average molecular weight is 495 g/mol. The van der Waals surface area contributed by atoms with Crippen molar-refractivity contribution >= 4 is 22.8 Å². The Kier molecular flexibility index (Phi) is 5.90. The summed E-state index contributed by atoms with van der Waals surface area (Å²) in [5.74, 6) is -0.584. The monoisotopic (exact) mass is 494 g/mol. The van der Waals surface area contributed by atoms with E-state index in [4.69, 9.17) is 4.74 Å². The minimum atomic E-state index is -1.14. The van der Waals surface area contributed by atoms with Crippen LogP contribution in [0.4, 0.5) is 9.18 Å². The Bertz CT molecular complexity index is 1350. The number of imide groups is 1. The van der Waals surface area contributed by atoms with Crippen LogP contribution >= 0.6 is 0 Å². The van der Waals surface area contributed by atoms with Crippen molar-refractivity contribution in [1.82, 2.24) is 19.7 Å². The number of nitrogens with one attached hydrogen (secondary N) is 1. The van der Waals surface area contributed by atoms with Gasteiger partial charge in [-0.2, -0.15) is 0 Å². The number of benzene rings is 2. The van der Waals surface area contributed by atoms with E-state index in [0.29, 0.717) is 29.9 Å². The lowest BCUT2D eigenvalue weighted by atomic mass is 9.81. The van der Waals surface area contributed by atoms with Crippen LogP contribution in [0.3, 0.4) is 0 Å². The summed E-state index contributed by atoms with van der Waals surface area (Å²) in [5.41, 5.74) is 1.62. The number of fused-ring (bicyclic) bond motifs is 4. The number of likely N-dealkylation sites (N-methyl/N-ethyl adjacent to an activating group) is 1. The number of aromatic hydroxyl groups is 1. The van der Waals surface area contributed by atoms with E-state index in [1.54, 1.807) is 36.1 Å². The zero-order chi connectivity index (χ0) is 25.8. The van der Waals surface area contributed by atoms with Crippen molar-refractivity contribution < 1.29 is 23.8 Å². The van der Waals surface area contributed by atoms with E-state index >= 15 is 0 Å². The number of H-pyrrole nitrogens is 1. The molecule has 2 aliphatic rings. The third-order valence-electron chi connectivity index (χ3n) is 7.66. The van der Waals surface area contributed by atoms with Crippen LogP contribution in [0.1, 0.15) is 43.6 Å². The summed E-state index contributed by atoms with van der Waals surface area (Å²) < 4.78 is 19.8. The maximum Gasteiger partial charge on any atom is 0.328 e. The maximum absolute atomic E-state index is 14.5. The van der Waals surface area contributed by atoms with Crippen LogP contribution in [-0.4, -0.2) is 75.6 Å². The number of aromatic nitrogens is 1. The third-order valence-corrected chi connectivity index (χ3v) is 7.66. The van der Waals surface area contributed by atoms with E-state index in [1.165, 1.54) is 18.1 Å². The van der Waals surface area contributed by atoms with Gasteiger partial charge in [-0.05, 0) is 49.3 Å². The van der Waals surface area contributed by atoms with Crippen molar-refractivity contribution in [2.24, 2.45) is 0 Å². The molecular formula is C27H31FN4O4. The lowest BCUT2D eigenvalue weighted by molar-refractivity contribution is -0.133. The molecule has 1 saturated heterocycles. The largest absolute Gasteiger partial charge is 0.508 e. The molecule has 0 radical (unpaired) electrons. The van der Waals surface area contributed by atoms with Crippen molar-refractivity contribution in [3.05, 3.63) is 59.0 Å². The number of rotatable bonds is 7. The van der Waals surface area contributed by atoms with Crippen molar-refractivity contribution in [2.75, 3.05) is 33.3 Å². The second-order valence-electron chi connectivity index (χ2n) is 9.63. The number of aromatic amines is 1. The molecule has 2 aromatic carbocycles. The number of methoxy groups -OCH3 is 1. The summed E-state index contributed by atoms with van der Waals surface area (Å²) in [4.78, 5) is 36.2. The average Bonchev–Trinajstić information content (AvgIpc) is 3.29. The highest BCUT2D eigenvalue weighted by Crippen LogP contribution is 2.49. The first-order valence-corrected chi connectivity index (χ1v) is 12.3. The molecule has 3 amide bonds. The molecule has 1 aromatic heterocycles. The predicted octanol–water partition coefficient (Wildman–Crippen LogP) is 4.03. The number of phenolic OH excluding ortho intramolecular Hbond substituents is 1. The molecule has 0 spiro atoms. The quantitative estimate of drug-likeness (QED) is 0.484. The highest BCUT2D eigenvalue weighted by atomic mass is 19.1. The van der Waals surface area contributed by atoms with Gasteiger partial charge in [0.15, 0.2) is 11.6 Å². The number of carbonyl (C=O) groups excluding carboxylic acids is 2. The summed E-state index contributed by atoms with van der Waals surface area (Å²) in [6.07, 6.45) is 0.277. The highest BCUT2D eigenvalue weighted by Gasteiger charge is 2.60. The first-order valence-electron chi connectivity index (χ1n) is 12.3. The molecule has 0 aliphatic carbocycles. The van der Waals surface area contributed by atoms with E-state index in [1.807, 2.05) is 19.9 Å². The number of hydrogen-bond donors (Lipinski definition) is 2. The van der Waals surface area contributed by atoms with Gasteiger partial charge >= 0.3 is 6.03 Å². The maximum atomic E-state index is 14.5. The molecule has 5 rings (SSSR count). The minimum Gasteiger partial charge on any atom is -0.508 e. The van der Waals surface area contributed by atoms with Crippen molar-refractivity contribution in [1.29, 1.82) is 0 Å². The van der Waals surface area contributed by atoms with Gasteiger partial charge in [-0.15, -0.1) is 0 Å². The van der Waals surface area contributed by atoms with Gasteiger partial charge in [0, 0.05) is 42.2 Å². The Balaban J connectivity index is 1.67. The zero-order valence-corrected chi connectivity index (χ0v) is 21.0. The standard InChI is InChI=1S/C27H31FN4O4/c1-5-30(6-2)10-11-31-25(34)27(3)15-19-18-13-22(36-4)20(28)14-21(18)29-23(19)24(32(27)26(31)35)16-8-7-9-17(33)12-16/h7-9,12-14,24,29,33H,5-6,10-11,15H2,1-4H3/t24-,27+/m1/s1. The number of nitrogens with zero attached hydrogens (tertiary/aromatic N) is 3. The van der Waals surface area contributed by atoms with Crippen molar-refractivity contribution in [3.63, 3.8) is 0 Å². The normalized spacial score (nSPS) is 21.4. The summed E-state index contributed by atoms with van der Waals surface area (Å²) in [6.45, 7) is 8.44. The topological polar surface area (TPSA) is 89.1 Å². The summed E-state index contributed by atoms with van der Waals surface area (Å²) >= 11 is 0. The second-order valence-corrected chi connectivity index (χ2v) is 9.63. The Morgan fingerprint density at radius 3 is 2.64 bits per heavy atom. The van der Waals surface area contributed by atoms with E-state index in [-0.39, 0.29) is 29.9 Å². The van der Waals surface area contributed by atoms with Gasteiger partial charge in [-0.25, -0.2) is 9.18 Å². The van der Waals surface area contributed by atoms with E-state index in [0.717, 1.165) is 24.0 Å². The van der Waals surface area contributed by atoms with Crippen LogP contribution in [0.2, 0.25) is 0 Å². The number of ether oxygens (including phenoxy) is 1. The molecule has 3 heterocycles. The number of amides is 3. The molecule has 190 valence electrons. The smallest absolute Gasteiger partial charge is 0.328 e. The van der Waals surface area contributed by atoms with Gasteiger partial charge in [-0.1, -0.05) is 26.0 Å². The predicted molar refractivity (Wildman–Crippen MR) is 134 cm³/mol. The number of halogens is 1. The fourth-order valence-corrected chi connectivity index (χ4v) is 5.69. The molecule has 0 bridgehead atoms. The van der Waals surface area contributed by atoms with Crippen LogP contribution in [0.15, 0.2) is 36.4 Å². The van der Waals surface area contributed by atoms with Crippen LogP contribution in [0.5, 0.6) is 11.5 Å². The van der Waals surface area contributed by atoms with Crippen LogP contribution < -0.4 is 4.74 Å². The van der Waals surface area contributed by atoms with E-state index < -0.39 is 17.4 Å². The summed E-state index contributed by atoms with van der Waals surface area (Å²) in [7, 11) is 1.41. The zero-order valence-electron chi connectivity index (χ0n) is 21.0. The van der Waals surface area contributed by atoms with E-state index in [2.05, 4.69) is 9.88 Å². The van der Waals surface area contributed by atoms with Gasteiger partial charge in [0.05, 0.1) is 7.11 Å². The molecule has 3 aromatic rings. The van der Waals surface area contributed by atoms with Gasteiger partial charge < -0.3 is 19.7 Å². The lowest BCUT2D eigenvalue weighted by Crippen LogP contribution is -2.53. The molecule has 2 aliphatic heterocycles. The van der Waals surface area contributed by atoms with Gasteiger partial charge in [-0.3, -0.25) is 14.6 Å². The fraction of sp³-hybridized carbons (Fsp3) is 0.407. The second kappa shape index (κ2) is 8.81. The Morgan fingerprint density at radius 1 is 1.22 bits per heavy atom. The first kappa shape index (κ1) is 24.1. The van der Waals surface area contributed by atoms with Gasteiger partial charge in [0.25, 0.3) is 5.91 Å². The molecule has 2 atom stereocenters. The van der Waals surface area contributed by atoms with Gasteiger partial charge in [0.2, 0.25) is 0 Å². The first-order chi connectivity index (χ1) is 17.2. The van der Waals surface area contributed by atoms with Crippen LogP contribution in [0.25, 0.3) is 10.9 Å². The molecule has 2 N–H and O–H groups in total. The van der Waals surface area contributed by atoms with E-state index in [9.17, 15) is 19.1 Å². The Labute approximate surface area is 209 Å². The Hall–Kier alpha value is -3.59. The molecule has 8 nitrogen and oxygen atoms in total. The molecule has 36 heavy (non-hydrogen) atoms. The Morgan fingerprint density at radius 2 is 1.97 bits per heavy atom. The molecule has 0 unspecified atom stereocenters. The summed E-state index contributed by atoms with van der Waals surface area (Å²) in [6, 6.07) is 8.68. The number of phenols is 1. The molecular weight excluding hydrogens is 463 g/mol. The number of carbonyl (C=O) groups is 2. The molecule has 0 saturated carbocycles. The van der Waals surface area contributed by atoms with Crippen molar-refractivity contribution in [3.8, 4) is 11.5 Å². The fourth-order valence-electron chi connectivity index (χ4n) is 5.69.